The van der Waals surface area contributed by atoms with Gasteiger partial charge in [0.1, 0.15) is 18.2 Å². The van der Waals surface area contributed by atoms with Crippen molar-refractivity contribution in [3.63, 3.8) is 0 Å². The number of rotatable bonds is 3. The summed E-state index contributed by atoms with van der Waals surface area (Å²) in [5, 5.41) is 19.5. The molecule has 0 aliphatic carbocycles. The van der Waals surface area contributed by atoms with E-state index in [0.29, 0.717) is 0 Å². The topological polar surface area (TPSA) is 197 Å². The maximum absolute atomic E-state index is 11.7. The van der Waals surface area contributed by atoms with E-state index in [2.05, 4.69) is 15.0 Å². The summed E-state index contributed by atoms with van der Waals surface area (Å²) >= 11 is 0. The van der Waals surface area contributed by atoms with E-state index in [4.69, 9.17) is 20.3 Å². The number of H-pyrrole nitrogens is 1. The third-order valence-corrected chi connectivity index (χ3v) is 4.07. The minimum Gasteiger partial charge on any atom is -0.468 e. The van der Waals surface area contributed by atoms with Crippen molar-refractivity contribution >= 4 is 24.7 Å². The van der Waals surface area contributed by atoms with Gasteiger partial charge in [0, 0.05) is 0 Å². The number of hydrogen-bond acceptors (Lipinski definition) is 8. The zero-order valence-electron chi connectivity index (χ0n) is 11.3. The largest absolute Gasteiger partial charge is 0.468 e. The van der Waals surface area contributed by atoms with E-state index in [9.17, 15) is 19.6 Å². The molecule has 1 aliphatic rings. The van der Waals surface area contributed by atoms with Gasteiger partial charge in [0.05, 0.1) is 0 Å². The van der Waals surface area contributed by atoms with Gasteiger partial charge in [0.15, 0.2) is 11.2 Å². The first-order valence-electron chi connectivity index (χ1n) is 6.20. The molecule has 0 aromatic carbocycles. The van der Waals surface area contributed by atoms with Gasteiger partial charge in [-0.1, -0.05) is 0 Å². The zero-order valence-corrected chi connectivity index (χ0v) is 12.2. The highest BCUT2D eigenvalue weighted by Crippen LogP contribution is 2.46. The third-order valence-electron chi connectivity index (χ3n) is 3.18. The molecule has 3 heterocycles. The number of anilines is 1. The molecule has 0 saturated carbocycles. The Bertz CT molecular complexity index is 899. The van der Waals surface area contributed by atoms with Gasteiger partial charge in [-0.2, -0.15) is 4.98 Å². The monoisotopic (exact) mass is 345 g/mol. The van der Waals surface area contributed by atoms with E-state index < -0.39 is 37.1 Å². The second-order valence-electron chi connectivity index (χ2n) is 4.81. The number of ether oxygens (including phenoxy) is 1. The first kappa shape index (κ1) is 15.6. The first-order valence-corrected chi connectivity index (χ1v) is 7.88. The molecule has 13 heteroatoms. The normalized spacial score (nSPS) is 22.9. The number of aromatic nitrogens is 4. The van der Waals surface area contributed by atoms with Crippen LogP contribution in [0.15, 0.2) is 23.0 Å². The van der Waals surface area contributed by atoms with Gasteiger partial charge in [0.25, 0.3) is 5.56 Å². The average molecular weight is 345 g/mol. The van der Waals surface area contributed by atoms with E-state index in [1.54, 1.807) is 0 Å². The maximum atomic E-state index is 11.7. The molecular formula is C10H12N5O7P. The number of fused-ring (bicyclic) bond motifs is 1. The number of nitrogens with zero attached hydrogens (tertiary/aromatic N) is 3. The summed E-state index contributed by atoms with van der Waals surface area (Å²) in [5.74, 6) is -2.88. The fraction of sp³-hybridized carbons (Fsp3) is 0.300. The van der Waals surface area contributed by atoms with Gasteiger partial charge in [-0.25, -0.2) is 4.98 Å². The van der Waals surface area contributed by atoms with Crippen molar-refractivity contribution in [3.05, 3.63) is 28.5 Å². The fourth-order valence-electron chi connectivity index (χ4n) is 2.16. The zero-order chi connectivity index (χ0) is 16.9. The molecule has 0 radical (unpaired) electrons. The molecule has 0 bridgehead atoms. The summed E-state index contributed by atoms with van der Waals surface area (Å²) in [4.78, 5) is 39.6. The molecule has 124 valence electrons. The standard InChI is InChI=1S/C10H12N5O7P/c11-10-13-6-5(7(17)14-10)12-2-15(6)8-3(16)1-4(22-8)9(18)23(19,20)21/h1-3,8-9,16,18H,(H2,19,20,21)(H3,11,13,14,17)/t3-,8-,9?/m1/s1. The van der Waals surface area contributed by atoms with Gasteiger partial charge in [-0.3, -0.25) is 18.9 Å². The first-order chi connectivity index (χ1) is 10.7. The van der Waals surface area contributed by atoms with Crippen molar-refractivity contribution in [1.29, 1.82) is 0 Å². The van der Waals surface area contributed by atoms with Crippen LogP contribution in [0.4, 0.5) is 5.95 Å². The molecule has 2 aromatic heterocycles. The minimum atomic E-state index is -4.86. The lowest BCUT2D eigenvalue weighted by molar-refractivity contribution is -0.0107. The molecule has 0 saturated heterocycles. The molecule has 23 heavy (non-hydrogen) atoms. The molecule has 1 unspecified atom stereocenters. The fourth-order valence-corrected chi connectivity index (χ4v) is 2.64. The molecule has 2 aromatic rings. The number of nitrogen functional groups attached to an aromatic ring is 1. The van der Waals surface area contributed by atoms with E-state index >= 15 is 0 Å². The smallest absolute Gasteiger partial charge is 0.361 e. The van der Waals surface area contributed by atoms with Crippen LogP contribution in [0.2, 0.25) is 0 Å². The number of nitrogens with one attached hydrogen (secondary N) is 1. The second-order valence-corrected chi connectivity index (χ2v) is 6.47. The summed E-state index contributed by atoms with van der Waals surface area (Å²) in [6, 6.07) is 0. The number of imidazole rings is 1. The Morgan fingerprint density at radius 1 is 1.48 bits per heavy atom. The highest BCUT2D eigenvalue weighted by Gasteiger charge is 2.40. The van der Waals surface area contributed by atoms with Crippen LogP contribution in [-0.4, -0.2) is 51.5 Å². The Balaban J connectivity index is 1.99. The molecule has 12 nitrogen and oxygen atoms in total. The highest BCUT2D eigenvalue weighted by atomic mass is 31.2. The molecule has 1 aliphatic heterocycles. The van der Waals surface area contributed by atoms with Crippen molar-refractivity contribution in [2.45, 2.75) is 18.2 Å². The van der Waals surface area contributed by atoms with Gasteiger partial charge in [-0.15, -0.1) is 0 Å². The Morgan fingerprint density at radius 3 is 2.83 bits per heavy atom. The van der Waals surface area contributed by atoms with Crippen LogP contribution in [0, 0.1) is 0 Å². The number of nitrogens with two attached hydrogens (primary N) is 1. The number of aromatic amines is 1. The Kier molecular flexibility index (Phi) is 3.50. The number of aliphatic hydroxyl groups is 2. The summed E-state index contributed by atoms with van der Waals surface area (Å²) in [7, 11) is -4.86. The predicted molar refractivity (Wildman–Crippen MR) is 74.8 cm³/mol. The van der Waals surface area contributed by atoms with Crippen LogP contribution in [0.25, 0.3) is 11.2 Å². The van der Waals surface area contributed by atoms with Gasteiger partial charge >= 0.3 is 7.60 Å². The van der Waals surface area contributed by atoms with Crippen molar-refractivity contribution in [1.82, 2.24) is 19.5 Å². The molecule has 3 rings (SSSR count). The average Bonchev–Trinajstić information content (AvgIpc) is 3.00. The lowest BCUT2D eigenvalue weighted by atomic mass is 10.3. The molecular weight excluding hydrogens is 333 g/mol. The Labute approximate surface area is 127 Å². The Morgan fingerprint density at radius 2 is 2.17 bits per heavy atom. The third kappa shape index (κ3) is 2.62. The molecule has 0 spiro atoms. The molecule has 0 amide bonds. The summed E-state index contributed by atoms with van der Waals surface area (Å²) in [6.07, 6.45) is -0.465. The molecule has 0 fully saturated rings. The summed E-state index contributed by atoms with van der Waals surface area (Å²) in [5.41, 5.74) is 4.81. The van der Waals surface area contributed by atoms with Crippen LogP contribution in [-0.2, 0) is 9.30 Å². The van der Waals surface area contributed by atoms with Crippen LogP contribution in [0.3, 0.4) is 0 Å². The van der Waals surface area contributed by atoms with Crippen molar-refractivity contribution in [3.8, 4) is 0 Å². The molecule has 3 atom stereocenters. The summed E-state index contributed by atoms with van der Waals surface area (Å²) < 4.78 is 17.4. The van der Waals surface area contributed by atoms with E-state index in [1.165, 1.54) is 4.57 Å². The quantitative estimate of drug-likeness (QED) is 0.337. The predicted octanol–water partition coefficient (Wildman–Crippen LogP) is -2.03. The van der Waals surface area contributed by atoms with Crippen molar-refractivity contribution < 1.29 is 29.3 Å². The van der Waals surface area contributed by atoms with E-state index in [1.807, 2.05) is 0 Å². The van der Waals surface area contributed by atoms with Gasteiger partial charge in [-0.05, 0) is 6.08 Å². The molecule has 7 N–H and O–H groups in total. The summed E-state index contributed by atoms with van der Waals surface area (Å²) in [6.45, 7) is 0. The van der Waals surface area contributed by atoms with E-state index in [0.717, 1.165) is 12.4 Å². The SMILES string of the molecule is Nc1nc2c(ncn2[C@@H]2OC(C(O)P(=O)(O)O)=C[C@H]2O)c(=O)[nH]1. The van der Waals surface area contributed by atoms with Gasteiger partial charge < -0.3 is 30.5 Å². The van der Waals surface area contributed by atoms with Crippen LogP contribution in [0.5, 0.6) is 0 Å². The van der Waals surface area contributed by atoms with Crippen LogP contribution < -0.4 is 11.3 Å². The minimum absolute atomic E-state index is 0.00983. The van der Waals surface area contributed by atoms with Crippen molar-refractivity contribution in [2.24, 2.45) is 0 Å². The van der Waals surface area contributed by atoms with Gasteiger partial charge in [0.2, 0.25) is 18.0 Å². The van der Waals surface area contributed by atoms with Crippen LogP contribution in [0.1, 0.15) is 6.23 Å². The number of hydrogen-bond donors (Lipinski definition) is 6. The lowest BCUT2D eigenvalue weighted by Crippen LogP contribution is -2.21. The Hall–Kier alpha value is -2.24. The van der Waals surface area contributed by atoms with E-state index in [-0.39, 0.29) is 17.1 Å². The van der Waals surface area contributed by atoms with Crippen LogP contribution >= 0.6 is 7.60 Å². The maximum Gasteiger partial charge on any atom is 0.361 e. The second kappa shape index (κ2) is 5.15. The lowest BCUT2D eigenvalue weighted by Gasteiger charge is -2.19. The number of aliphatic hydroxyl groups excluding tert-OH is 2. The van der Waals surface area contributed by atoms with Crippen molar-refractivity contribution in [2.75, 3.05) is 5.73 Å². The highest BCUT2D eigenvalue weighted by molar-refractivity contribution is 7.52.